The highest BCUT2D eigenvalue weighted by Crippen LogP contribution is 2.32. The molecule has 1 amide bonds. The number of aromatic nitrogens is 2. The zero-order valence-electron chi connectivity index (χ0n) is 17.1. The Bertz CT molecular complexity index is 1180. The number of likely N-dealkylation sites (N-methyl/N-ethyl adjacent to an activating group) is 1. The molecule has 4 aromatic rings. The maximum absolute atomic E-state index is 13.2. The number of halogens is 1. The number of benzene rings is 2. The Balaban J connectivity index is 1.52. The summed E-state index contributed by atoms with van der Waals surface area (Å²) in [6.07, 6.45) is 0. The summed E-state index contributed by atoms with van der Waals surface area (Å²) >= 11 is 1.71. The number of hydrogen-bond donors (Lipinski definition) is 1. The molecule has 7 heteroatoms. The summed E-state index contributed by atoms with van der Waals surface area (Å²) in [6, 6.07) is 16.2. The average Bonchev–Trinajstić information content (AvgIpc) is 3.32. The first-order chi connectivity index (χ1) is 14.4. The van der Waals surface area contributed by atoms with Crippen molar-refractivity contribution in [3.8, 4) is 11.3 Å². The van der Waals surface area contributed by atoms with Gasteiger partial charge in [-0.05, 0) is 66.8 Å². The topological polar surface area (TPSA) is 50.2 Å². The molecular formula is C23H23FN4OS. The van der Waals surface area contributed by atoms with Crippen LogP contribution in [0.4, 0.5) is 4.39 Å². The molecule has 0 unspecified atom stereocenters. The first-order valence-corrected chi connectivity index (χ1v) is 10.5. The summed E-state index contributed by atoms with van der Waals surface area (Å²) in [5.41, 5.74) is 3.07. The van der Waals surface area contributed by atoms with Gasteiger partial charge >= 0.3 is 0 Å². The lowest BCUT2D eigenvalue weighted by Gasteiger charge is -2.24. The molecule has 0 bridgehead atoms. The second kappa shape index (κ2) is 8.38. The van der Waals surface area contributed by atoms with Crippen LogP contribution in [0.1, 0.15) is 22.1 Å². The van der Waals surface area contributed by atoms with Gasteiger partial charge in [0.2, 0.25) is 0 Å². The van der Waals surface area contributed by atoms with E-state index in [1.165, 1.54) is 27.8 Å². The lowest BCUT2D eigenvalue weighted by atomic mass is 10.0. The number of nitrogens with one attached hydrogen (secondary N) is 1. The van der Waals surface area contributed by atoms with Crippen molar-refractivity contribution in [3.05, 3.63) is 77.1 Å². The number of fused-ring (bicyclic) bond motifs is 1. The van der Waals surface area contributed by atoms with E-state index in [1.54, 1.807) is 41.3 Å². The van der Waals surface area contributed by atoms with Crippen LogP contribution in [0.15, 0.2) is 60.0 Å². The van der Waals surface area contributed by atoms with Crippen LogP contribution in [0.5, 0.6) is 0 Å². The third-order valence-electron chi connectivity index (χ3n) is 5.20. The third kappa shape index (κ3) is 3.99. The highest BCUT2D eigenvalue weighted by molar-refractivity contribution is 7.17. The molecular weight excluding hydrogens is 399 g/mol. The first kappa shape index (κ1) is 20.3. The predicted molar refractivity (Wildman–Crippen MR) is 119 cm³/mol. The van der Waals surface area contributed by atoms with E-state index >= 15 is 0 Å². The molecule has 0 fully saturated rings. The summed E-state index contributed by atoms with van der Waals surface area (Å²) in [6.45, 7) is 0.476. The molecule has 1 atom stereocenters. The van der Waals surface area contributed by atoms with E-state index < -0.39 is 0 Å². The fraction of sp³-hybridized carbons (Fsp3) is 0.217. The molecule has 2 heterocycles. The fourth-order valence-electron chi connectivity index (χ4n) is 3.55. The Morgan fingerprint density at radius 1 is 1.20 bits per heavy atom. The minimum Gasteiger partial charge on any atom is -0.349 e. The second-order valence-electron chi connectivity index (χ2n) is 7.42. The monoisotopic (exact) mass is 422 g/mol. The number of carbonyl (C=O) groups excluding carboxylic acids is 1. The van der Waals surface area contributed by atoms with Crippen molar-refractivity contribution in [2.24, 2.45) is 7.05 Å². The SMILES string of the molecule is CN(C)[C@H](CNC(=O)c1cc(-c2ccc(F)cc2)nn1C)c1csc2ccccc12. The van der Waals surface area contributed by atoms with E-state index in [1.807, 2.05) is 26.2 Å². The maximum atomic E-state index is 13.2. The molecule has 0 aliphatic rings. The molecule has 0 spiro atoms. The van der Waals surface area contributed by atoms with Gasteiger partial charge in [0.05, 0.1) is 11.7 Å². The van der Waals surface area contributed by atoms with Crippen LogP contribution in [0.2, 0.25) is 0 Å². The molecule has 154 valence electrons. The summed E-state index contributed by atoms with van der Waals surface area (Å²) < 4.78 is 16.0. The molecule has 5 nitrogen and oxygen atoms in total. The second-order valence-corrected chi connectivity index (χ2v) is 8.33. The normalized spacial score (nSPS) is 12.4. The molecule has 1 N–H and O–H groups in total. The van der Waals surface area contributed by atoms with Gasteiger partial charge in [0.15, 0.2) is 0 Å². The summed E-state index contributed by atoms with van der Waals surface area (Å²) in [5.74, 6) is -0.493. The van der Waals surface area contributed by atoms with E-state index in [0.29, 0.717) is 17.9 Å². The van der Waals surface area contributed by atoms with E-state index in [0.717, 1.165) is 5.56 Å². The van der Waals surface area contributed by atoms with Gasteiger partial charge in [0.1, 0.15) is 11.5 Å². The van der Waals surface area contributed by atoms with Gasteiger partial charge < -0.3 is 10.2 Å². The molecule has 30 heavy (non-hydrogen) atoms. The molecule has 0 aliphatic carbocycles. The largest absolute Gasteiger partial charge is 0.349 e. The van der Waals surface area contributed by atoms with Gasteiger partial charge in [0.25, 0.3) is 5.91 Å². The van der Waals surface area contributed by atoms with Gasteiger partial charge in [-0.1, -0.05) is 18.2 Å². The Morgan fingerprint density at radius 3 is 2.67 bits per heavy atom. The molecule has 0 saturated heterocycles. The van der Waals surface area contributed by atoms with Crippen LogP contribution in [-0.2, 0) is 7.05 Å². The van der Waals surface area contributed by atoms with E-state index in [2.05, 4.69) is 32.8 Å². The van der Waals surface area contributed by atoms with Crippen LogP contribution in [0, 0.1) is 5.82 Å². The quantitative estimate of drug-likeness (QED) is 0.499. The molecule has 4 rings (SSSR count). The third-order valence-corrected chi connectivity index (χ3v) is 6.18. The van der Waals surface area contributed by atoms with Crippen molar-refractivity contribution in [2.45, 2.75) is 6.04 Å². The number of aryl methyl sites for hydroxylation is 1. The predicted octanol–water partition coefficient (Wildman–Crippen LogP) is 4.47. The number of rotatable bonds is 6. The standard InChI is InChI=1S/C23H23FN4OS/c1-27(2)21(18-14-30-22-7-5-4-6-17(18)22)13-25-23(29)20-12-19(26-28(20)3)15-8-10-16(24)11-9-15/h4-12,14,21H,13H2,1-3H3,(H,25,29)/t21-/m1/s1. The Morgan fingerprint density at radius 2 is 1.93 bits per heavy atom. The number of carbonyl (C=O) groups is 1. The Hall–Kier alpha value is -3.03. The minimum atomic E-state index is -0.302. The number of amides is 1. The zero-order valence-corrected chi connectivity index (χ0v) is 17.9. The maximum Gasteiger partial charge on any atom is 0.269 e. The van der Waals surface area contributed by atoms with E-state index in [9.17, 15) is 9.18 Å². The molecule has 0 radical (unpaired) electrons. The van der Waals surface area contributed by atoms with Gasteiger partial charge in [-0.25, -0.2) is 4.39 Å². The van der Waals surface area contributed by atoms with Gasteiger partial charge in [-0.3, -0.25) is 9.48 Å². The van der Waals surface area contributed by atoms with Crippen LogP contribution >= 0.6 is 11.3 Å². The minimum absolute atomic E-state index is 0.0508. The van der Waals surface area contributed by atoms with Crippen LogP contribution < -0.4 is 5.32 Å². The zero-order chi connectivity index (χ0) is 21.3. The average molecular weight is 423 g/mol. The van der Waals surface area contributed by atoms with E-state index in [4.69, 9.17) is 0 Å². The van der Waals surface area contributed by atoms with Gasteiger partial charge in [0, 0.05) is 23.9 Å². The van der Waals surface area contributed by atoms with Crippen molar-refractivity contribution in [1.82, 2.24) is 20.0 Å². The van der Waals surface area contributed by atoms with E-state index in [-0.39, 0.29) is 17.8 Å². The molecule has 2 aromatic heterocycles. The van der Waals surface area contributed by atoms with Crippen LogP contribution in [0.3, 0.4) is 0 Å². The van der Waals surface area contributed by atoms with Crippen molar-refractivity contribution in [3.63, 3.8) is 0 Å². The summed E-state index contributed by atoms with van der Waals surface area (Å²) in [4.78, 5) is 15.0. The van der Waals surface area contributed by atoms with Crippen molar-refractivity contribution < 1.29 is 9.18 Å². The van der Waals surface area contributed by atoms with Crippen molar-refractivity contribution >= 4 is 27.3 Å². The Labute approximate surface area is 178 Å². The van der Waals surface area contributed by atoms with Crippen molar-refractivity contribution in [2.75, 3.05) is 20.6 Å². The molecule has 0 aliphatic heterocycles. The highest BCUT2D eigenvalue weighted by atomic mass is 32.1. The van der Waals surface area contributed by atoms with Crippen LogP contribution in [-0.4, -0.2) is 41.2 Å². The molecule has 0 saturated carbocycles. The number of nitrogens with zero attached hydrogens (tertiary/aromatic N) is 3. The lowest BCUT2D eigenvalue weighted by molar-refractivity contribution is 0.0932. The number of hydrogen-bond acceptors (Lipinski definition) is 4. The highest BCUT2D eigenvalue weighted by Gasteiger charge is 2.21. The van der Waals surface area contributed by atoms with Gasteiger partial charge in [-0.15, -0.1) is 11.3 Å². The number of thiophene rings is 1. The fourth-order valence-corrected chi connectivity index (χ4v) is 4.56. The van der Waals surface area contributed by atoms with Crippen molar-refractivity contribution in [1.29, 1.82) is 0 Å². The summed E-state index contributed by atoms with van der Waals surface area (Å²) in [7, 11) is 5.76. The lowest BCUT2D eigenvalue weighted by Crippen LogP contribution is -2.35. The van der Waals surface area contributed by atoms with Crippen LogP contribution in [0.25, 0.3) is 21.3 Å². The summed E-state index contributed by atoms with van der Waals surface area (Å²) in [5, 5.41) is 10.8. The van der Waals surface area contributed by atoms with Gasteiger partial charge in [-0.2, -0.15) is 5.10 Å². The first-order valence-electron chi connectivity index (χ1n) is 9.65. The smallest absolute Gasteiger partial charge is 0.269 e. The Kier molecular flexibility index (Phi) is 5.65. The molecule has 2 aromatic carbocycles.